The van der Waals surface area contributed by atoms with Crippen LogP contribution in [0.4, 0.5) is 13.2 Å². The second-order valence-electron chi connectivity index (χ2n) is 5.49. The number of hydrogen-bond donors (Lipinski definition) is 2. The average Bonchev–Trinajstić information content (AvgIpc) is 2.83. The van der Waals surface area contributed by atoms with Crippen molar-refractivity contribution in [3.63, 3.8) is 0 Å². The molecule has 1 heterocycles. The molecule has 5 nitrogen and oxygen atoms in total. The zero-order chi connectivity index (χ0) is 17.9. The van der Waals surface area contributed by atoms with Crippen molar-refractivity contribution < 1.29 is 18.0 Å². The van der Waals surface area contributed by atoms with E-state index in [0.717, 1.165) is 17.5 Å². The zero-order valence-electron chi connectivity index (χ0n) is 14.1. The Kier molecular flexibility index (Phi) is 7.01. The number of nitrogens with one attached hydrogen (secondary N) is 2. The third kappa shape index (κ3) is 5.20. The van der Waals surface area contributed by atoms with Crippen LogP contribution in [0.25, 0.3) is 5.69 Å². The molecule has 2 aromatic rings. The lowest BCUT2D eigenvalue weighted by Gasteiger charge is -2.16. The summed E-state index contributed by atoms with van der Waals surface area (Å²) in [5.41, 5.74) is 1.04. The molecule has 0 bridgehead atoms. The minimum Gasteiger partial charge on any atom is -0.351 e. The predicted molar refractivity (Wildman–Crippen MR) is 91.1 cm³/mol. The molecule has 0 aliphatic carbocycles. The topological polar surface area (TPSA) is 59.0 Å². The lowest BCUT2D eigenvalue weighted by molar-refractivity contribution is -0.138. The first-order valence-corrected chi connectivity index (χ1v) is 7.37. The van der Waals surface area contributed by atoms with Crippen LogP contribution in [0.1, 0.15) is 22.5 Å². The molecule has 0 aliphatic heterocycles. The van der Waals surface area contributed by atoms with Crippen molar-refractivity contribution in [2.24, 2.45) is 0 Å². The van der Waals surface area contributed by atoms with Gasteiger partial charge in [-0.15, -0.1) is 12.4 Å². The number of carbonyl (C=O) groups is 1. The van der Waals surface area contributed by atoms with Crippen LogP contribution < -0.4 is 10.6 Å². The van der Waals surface area contributed by atoms with Crippen molar-refractivity contribution in [1.82, 2.24) is 20.4 Å². The molecule has 0 saturated heterocycles. The monoisotopic (exact) mass is 376 g/mol. The fraction of sp³-hybridized carbons (Fsp3) is 0.375. The van der Waals surface area contributed by atoms with Gasteiger partial charge < -0.3 is 10.6 Å². The third-order valence-corrected chi connectivity index (χ3v) is 3.47. The van der Waals surface area contributed by atoms with Crippen LogP contribution in [0, 0.1) is 13.8 Å². The molecule has 0 radical (unpaired) electrons. The number of amides is 1. The minimum atomic E-state index is -4.52. The van der Waals surface area contributed by atoms with E-state index in [-0.39, 0.29) is 37.0 Å². The summed E-state index contributed by atoms with van der Waals surface area (Å²) in [6.07, 6.45) is -4.52. The Morgan fingerprint density at radius 1 is 1.24 bits per heavy atom. The fourth-order valence-electron chi connectivity index (χ4n) is 2.42. The van der Waals surface area contributed by atoms with Crippen LogP contribution in [-0.4, -0.2) is 29.3 Å². The van der Waals surface area contributed by atoms with Gasteiger partial charge in [0.25, 0.3) is 0 Å². The molecule has 0 fully saturated rings. The van der Waals surface area contributed by atoms with Crippen molar-refractivity contribution in [3.8, 4) is 5.69 Å². The van der Waals surface area contributed by atoms with Gasteiger partial charge in [0.15, 0.2) is 0 Å². The Balaban J connectivity index is 0.00000312. The van der Waals surface area contributed by atoms with Crippen LogP contribution in [-0.2, 0) is 17.5 Å². The van der Waals surface area contributed by atoms with Gasteiger partial charge in [0.1, 0.15) is 0 Å². The van der Waals surface area contributed by atoms with E-state index < -0.39 is 11.7 Å². The summed E-state index contributed by atoms with van der Waals surface area (Å²) >= 11 is 0. The van der Waals surface area contributed by atoms with Crippen LogP contribution in [0.5, 0.6) is 0 Å². The number of benzene rings is 1. The number of aryl methyl sites for hydroxylation is 2. The molecule has 2 N–H and O–H groups in total. The summed E-state index contributed by atoms with van der Waals surface area (Å²) in [6.45, 7) is 3.41. The van der Waals surface area contributed by atoms with Crippen molar-refractivity contribution in [2.45, 2.75) is 26.6 Å². The standard InChI is InChI=1S/C16H19F3N4O.ClH/c1-10-6-11(2)23(22-10)13-5-4-12(8-21-15(24)9-20-3)14(7-13)16(17,18)19;/h4-7,20H,8-9H2,1-3H3,(H,21,24);1H. The van der Waals surface area contributed by atoms with E-state index in [0.29, 0.717) is 5.69 Å². The molecular formula is C16H20ClF3N4O. The Labute approximate surface area is 150 Å². The minimum absolute atomic E-state index is 0. The van der Waals surface area contributed by atoms with Gasteiger partial charge >= 0.3 is 6.18 Å². The highest BCUT2D eigenvalue weighted by Crippen LogP contribution is 2.33. The number of hydrogen-bond acceptors (Lipinski definition) is 3. The van der Waals surface area contributed by atoms with Crippen molar-refractivity contribution >= 4 is 18.3 Å². The van der Waals surface area contributed by atoms with Crippen LogP contribution in [0.3, 0.4) is 0 Å². The summed E-state index contributed by atoms with van der Waals surface area (Å²) < 4.78 is 41.6. The number of likely N-dealkylation sites (N-methyl/N-ethyl adjacent to an activating group) is 1. The Bertz CT molecular complexity index is 743. The molecule has 0 atom stereocenters. The molecule has 1 amide bonds. The summed E-state index contributed by atoms with van der Waals surface area (Å²) in [6, 6.07) is 5.78. The number of alkyl halides is 3. The number of nitrogens with zero attached hydrogens (tertiary/aromatic N) is 2. The van der Waals surface area contributed by atoms with Gasteiger partial charge in [-0.05, 0) is 44.7 Å². The molecule has 0 spiro atoms. The van der Waals surface area contributed by atoms with E-state index in [2.05, 4.69) is 15.7 Å². The quantitative estimate of drug-likeness (QED) is 0.843. The second-order valence-corrected chi connectivity index (χ2v) is 5.49. The summed E-state index contributed by atoms with van der Waals surface area (Å²) in [5, 5.41) is 9.31. The van der Waals surface area contributed by atoms with E-state index >= 15 is 0 Å². The van der Waals surface area contributed by atoms with E-state index in [9.17, 15) is 18.0 Å². The fourth-order valence-corrected chi connectivity index (χ4v) is 2.42. The largest absolute Gasteiger partial charge is 0.416 e. The van der Waals surface area contributed by atoms with Crippen LogP contribution in [0.15, 0.2) is 24.3 Å². The number of aromatic nitrogens is 2. The molecule has 1 aromatic carbocycles. The second kappa shape index (κ2) is 8.35. The lowest BCUT2D eigenvalue weighted by atomic mass is 10.1. The molecule has 2 rings (SSSR count). The molecule has 9 heteroatoms. The highest BCUT2D eigenvalue weighted by molar-refractivity contribution is 5.85. The maximum atomic E-state index is 13.4. The van der Waals surface area contributed by atoms with E-state index in [1.165, 1.54) is 10.7 Å². The summed E-state index contributed by atoms with van der Waals surface area (Å²) in [4.78, 5) is 11.4. The summed E-state index contributed by atoms with van der Waals surface area (Å²) in [7, 11) is 1.59. The lowest BCUT2D eigenvalue weighted by Crippen LogP contribution is -2.32. The molecule has 138 valence electrons. The first-order valence-electron chi connectivity index (χ1n) is 7.37. The Hall–Kier alpha value is -2.06. The Morgan fingerprint density at radius 3 is 2.44 bits per heavy atom. The van der Waals surface area contributed by atoms with E-state index in [1.54, 1.807) is 33.0 Å². The highest BCUT2D eigenvalue weighted by Gasteiger charge is 2.33. The molecule has 25 heavy (non-hydrogen) atoms. The third-order valence-electron chi connectivity index (χ3n) is 3.47. The molecule has 0 saturated carbocycles. The number of halogens is 4. The number of rotatable bonds is 5. The smallest absolute Gasteiger partial charge is 0.351 e. The van der Waals surface area contributed by atoms with Gasteiger partial charge in [-0.2, -0.15) is 18.3 Å². The molecule has 0 unspecified atom stereocenters. The SMILES string of the molecule is CNCC(=O)NCc1ccc(-n2nc(C)cc2C)cc1C(F)(F)F.Cl. The van der Waals surface area contributed by atoms with Crippen molar-refractivity contribution in [3.05, 3.63) is 46.8 Å². The van der Waals surface area contributed by atoms with Gasteiger partial charge in [0.2, 0.25) is 5.91 Å². The van der Waals surface area contributed by atoms with E-state index in [4.69, 9.17) is 0 Å². The van der Waals surface area contributed by atoms with Gasteiger partial charge in [-0.1, -0.05) is 6.07 Å². The van der Waals surface area contributed by atoms with Crippen LogP contribution >= 0.6 is 12.4 Å². The average molecular weight is 377 g/mol. The molecule has 1 aromatic heterocycles. The van der Waals surface area contributed by atoms with Gasteiger partial charge in [0, 0.05) is 12.2 Å². The first kappa shape index (κ1) is 21.0. The normalized spacial score (nSPS) is 11.1. The van der Waals surface area contributed by atoms with Gasteiger partial charge in [-0.25, -0.2) is 4.68 Å². The number of carbonyl (C=O) groups excluding carboxylic acids is 1. The maximum absolute atomic E-state index is 13.4. The van der Waals surface area contributed by atoms with Gasteiger partial charge in [-0.3, -0.25) is 4.79 Å². The van der Waals surface area contributed by atoms with Gasteiger partial charge in [0.05, 0.1) is 23.5 Å². The summed E-state index contributed by atoms with van der Waals surface area (Å²) in [5.74, 6) is -0.367. The first-order chi connectivity index (χ1) is 11.2. The van der Waals surface area contributed by atoms with Crippen molar-refractivity contribution in [1.29, 1.82) is 0 Å². The maximum Gasteiger partial charge on any atom is 0.416 e. The van der Waals surface area contributed by atoms with E-state index in [1.807, 2.05) is 0 Å². The zero-order valence-corrected chi connectivity index (χ0v) is 14.9. The highest BCUT2D eigenvalue weighted by atomic mass is 35.5. The molecular weight excluding hydrogens is 357 g/mol. The predicted octanol–water partition coefficient (Wildman–Crippen LogP) is 2.77. The molecule has 0 aliphatic rings. The van der Waals surface area contributed by atoms with Crippen LogP contribution in [0.2, 0.25) is 0 Å². The Morgan fingerprint density at radius 2 is 1.92 bits per heavy atom. The van der Waals surface area contributed by atoms with Crippen molar-refractivity contribution in [2.75, 3.05) is 13.6 Å².